The molecule has 0 radical (unpaired) electrons. The second kappa shape index (κ2) is 4.57. The molecule has 1 aliphatic heterocycles. The van der Waals surface area contributed by atoms with Gasteiger partial charge >= 0.3 is 5.97 Å². The number of nitrogens with one attached hydrogen (secondary N) is 1. The first-order chi connectivity index (χ1) is 9.23. The van der Waals surface area contributed by atoms with Gasteiger partial charge in [-0.1, -0.05) is 6.92 Å². The molecule has 2 fully saturated rings. The lowest BCUT2D eigenvalue weighted by Crippen LogP contribution is -2.43. The van der Waals surface area contributed by atoms with Gasteiger partial charge in [0.25, 0.3) is 11.8 Å². The molecule has 0 aromatic heterocycles. The maximum Gasteiger partial charge on any atom is 0.341 e. The number of carbonyl (C=O) groups is 4. The minimum absolute atomic E-state index is 0.0622. The smallest absolute Gasteiger partial charge is 0.341 e. The zero-order valence-electron chi connectivity index (χ0n) is 11.8. The number of hydrogen-bond acceptors (Lipinski definition) is 5. The van der Waals surface area contributed by atoms with Gasteiger partial charge < -0.3 is 10.2 Å². The summed E-state index contributed by atoms with van der Waals surface area (Å²) in [6.45, 7) is 5.12. The lowest BCUT2D eigenvalue weighted by atomic mass is 10.0. The number of hydroxylamine groups is 2. The maximum atomic E-state index is 12.1. The van der Waals surface area contributed by atoms with Crippen LogP contribution in [0.15, 0.2) is 0 Å². The summed E-state index contributed by atoms with van der Waals surface area (Å²) in [7, 11) is 0. The quantitative estimate of drug-likeness (QED) is 0.748. The van der Waals surface area contributed by atoms with E-state index in [0.29, 0.717) is 17.9 Å². The summed E-state index contributed by atoms with van der Waals surface area (Å²) >= 11 is 0. The topological polar surface area (TPSA) is 92.8 Å². The number of carbonyl (C=O) groups excluding carboxylic acids is 4. The van der Waals surface area contributed by atoms with Gasteiger partial charge in [0.05, 0.1) is 11.0 Å². The van der Waals surface area contributed by atoms with Crippen LogP contribution in [0.2, 0.25) is 0 Å². The van der Waals surface area contributed by atoms with E-state index in [1.807, 2.05) is 0 Å². The molecule has 110 valence electrons. The molecule has 1 N–H and O–H groups in total. The van der Waals surface area contributed by atoms with Crippen LogP contribution in [0.25, 0.3) is 0 Å². The molecule has 1 saturated heterocycles. The Bertz CT molecular complexity index is 487. The van der Waals surface area contributed by atoms with E-state index in [1.54, 1.807) is 20.8 Å². The SMILES string of the molecule is CCC(=O)NC1(C)CC1(C)C(=O)ON1C(=O)CCC1=O. The van der Waals surface area contributed by atoms with Gasteiger partial charge in [-0.15, -0.1) is 5.06 Å². The van der Waals surface area contributed by atoms with Crippen LogP contribution >= 0.6 is 0 Å². The number of imide groups is 1. The fourth-order valence-corrected chi connectivity index (χ4v) is 2.38. The Morgan fingerprint density at radius 2 is 1.80 bits per heavy atom. The summed E-state index contributed by atoms with van der Waals surface area (Å²) in [4.78, 5) is 51.3. The molecule has 0 bridgehead atoms. The van der Waals surface area contributed by atoms with E-state index < -0.39 is 28.7 Å². The monoisotopic (exact) mass is 282 g/mol. The molecule has 2 unspecified atom stereocenters. The van der Waals surface area contributed by atoms with Crippen molar-refractivity contribution < 1.29 is 24.0 Å². The normalized spacial score (nSPS) is 32.2. The highest BCUT2D eigenvalue weighted by Gasteiger charge is 2.68. The number of rotatable bonds is 4. The van der Waals surface area contributed by atoms with Crippen molar-refractivity contribution in [2.75, 3.05) is 0 Å². The van der Waals surface area contributed by atoms with Crippen molar-refractivity contribution in [3.8, 4) is 0 Å². The van der Waals surface area contributed by atoms with E-state index in [-0.39, 0.29) is 18.7 Å². The third-order valence-electron chi connectivity index (χ3n) is 4.17. The van der Waals surface area contributed by atoms with Gasteiger partial charge in [-0.2, -0.15) is 0 Å². The molecule has 7 heteroatoms. The van der Waals surface area contributed by atoms with Crippen LogP contribution in [0.3, 0.4) is 0 Å². The van der Waals surface area contributed by atoms with Gasteiger partial charge in [0, 0.05) is 19.3 Å². The summed E-state index contributed by atoms with van der Waals surface area (Å²) in [5, 5.41) is 3.31. The highest BCUT2D eigenvalue weighted by atomic mass is 16.7. The zero-order valence-corrected chi connectivity index (χ0v) is 11.8. The van der Waals surface area contributed by atoms with Crippen molar-refractivity contribution in [3.05, 3.63) is 0 Å². The van der Waals surface area contributed by atoms with Crippen molar-refractivity contribution in [2.45, 2.75) is 52.0 Å². The molecule has 2 rings (SSSR count). The van der Waals surface area contributed by atoms with Crippen LogP contribution in [-0.2, 0) is 24.0 Å². The lowest BCUT2D eigenvalue weighted by Gasteiger charge is -2.21. The number of amides is 3. The van der Waals surface area contributed by atoms with Gasteiger partial charge in [0.1, 0.15) is 0 Å². The van der Waals surface area contributed by atoms with E-state index in [4.69, 9.17) is 4.84 Å². The Labute approximate surface area is 116 Å². The van der Waals surface area contributed by atoms with Gasteiger partial charge in [-0.3, -0.25) is 14.4 Å². The van der Waals surface area contributed by atoms with Crippen molar-refractivity contribution in [1.29, 1.82) is 0 Å². The third kappa shape index (κ3) is 2.17. The Hall–Kier alpha value is -1.92. The molecule has 2 atom stereocenters. The number of nitrogens with zero attached hydrogens (tertiary/aromatic N) is 1. The van der Waals surface area contributed by atoms with E-state index in [9.17, 15) is 19.2 Å². The molecule has 3 amide bonds. The van der Waals surface area contributed by atoms with E-state index >= 15 is 0 Å². The summed E-state index contributed by atoms with van der Waals surface area (Å²) in [5.74, 6) is -1.84. The molecule has 2 aliphatic rings. The Morgan fingerprint density at radius 1 is 1.25 bits per heavy atom. The van der Waals surface area contributed by atoms with Crippen molar-refractivity contribution in [3.63, 3.8) is 0 Å². The molecule has 20 heavy (non-hydrogen) atoms. The minimum Gasteiger partial charge on any atom is -0.350 e. The Balaban J connectivity index is 2.02. The van der Waals surface area contributed by atoms with Crippen LogP contribution in [0, 0.1) is 5.41 Å². The molecule has 0 aromatic rings. The highest BCUT2D eigenvalue weighted by Crippen LogP contribution is 2.56. The molecular formula is C13H18N2O5. The molecule has 0 aromatic carbocycles. The van der Waals surface area contributed by atoms with Crippen molar-refractivity contribution in [1.82, 2.24) is 10.4 Å². The van der Waals surface area contributed by atoms with Crippen LogP contribution in [-0.4, -0.2) is 34.3 Å². The largest absolute Gasteiger partial charge is 0.350 e. The summed E-state index contributed by atoms with van der Waals surface area (Å²) in [6.07, 6.45) is 0.865. The predicted molar refractivity (Wildman–Crippen MR) is 66.7 cm³/mol. The predicted octanol–water partition coefficient (Wildman–Crippen LogP) is 0.288. The third-order valence-corrected chi connectivity index (χ3v) is 4.17. The summed E-state index contributed by atoms with van der Waals surface area (Å²) in [6, 6.07) is 0. The minimum atomic E-state index is -0.916. The lowest BCUT2D eigenvalue weighted by molar-refractivity contribution is -0.201. The van der Waals surface area contributed by atoms with Crippen molar-refractivity contribution in [2.24, 2.45) is 5.41 Å². The van der Waals surface area contributed by atoms with E-state index in [1.165, 1.54) is 0 Å². The highest BCUT2D eigenvalue weighted by molar-refractivity contribution is 6.02. The molecule has 7 nitrogen and oxygen atoms in total. The standard InChI is InChI=1S/C13H18N2O5/c1-4-8(16)14-13(3)7-12(13,2)11(19)20-15-9(17)5-6-10(15)18/h4-7H2,1-3H3,(H,14,16). The molecule has 1 saturated carbocycles. The van der Waals surface area contributed by atoms with Gasteiger partial charge in [-0.25, -0.2) is 4.79 Å². The summed E-state index contributed by atoms with van der Waals surface area (Å²) in [5.41, 5.74) is -1.61. The Morgan fingerprint density at radius 3 is 2.30 bits per heavy atom. The molecular weight excluding hydrogens is 264 g/mol. The van der Waals surface area contributed by atoms with E-state index in [2.05, 4.69) is 5.32 Å². The Kier molecular flexibility index (Phi) is 3.31. The average molecular weight is 282 g/mol. The first-order valence-corrected chi connectivity index (χ1v) is 6.63. The van der Waals surface area contributed by atoms with Gasteiger partial charge in [0.15, 0.2) is 0 Å². The van der Waals surface area contributed by atoms with E-state index in [0.717, 1.165) is 0 Å². The molecule has 1 aliphatic carbocycles. The second-order valence-corrected chi connectivity index (χ2v) is 5.70. The second-order valence-electron chi connectivity index (χ2n) is 5.70. The zero-order chi connectivity index (χ0) is 15.1. The fraction of sp³-hybridized carbons (Fsp3) is 0.692. The maximum absolute atomic E-state index is 12.1. The first-order valence-electron chi connectivity index (χ1n) is 6.63. The fourth-order valence-electron chi connectivity index (χ4n) is 2.38. The van der Waals surface area contributed by atoms with Crippen LogP contribution in [0.5, 0.6) is 0 Å². The molecule has 0 spiro atoms. The number of hydrogen-bond donors (Lipinski definition) is 1. The van der Waals surface area contributed by atoms with Crippen LogP contribution < -0.4 is 5.32 Å². The summed E-state index contributed by atoms with van der Waals surface area (Å²) < 4.78 is 0. The van der Waals surface area contributed by atoms with Crippen LogP contribution in [0.1, 0.15) is 46.5 Å². The first kappa shape index (κ1) is 14.5. The molecule has 1 heterocycles. The van der Waals surface area contributed by atoms with Gasteiger partial charge in [0.2, 0.25) is 5.91 Å². The van der Waals surface area contributed by atoms with Crippen molar-refractivity contribution >= 4 is 23.7 Å². The average Bonchev–Trinajstić information content (AvgIpc) is 2.80. The van der Waals surface area contributed by atoms with Gasteiger partial charge in [-0.05, 0) is 20.3 Å². The van der Waals surface area contributed by atoms with Crippen LogP contribution in [0.4, 0.5) is 0 Å².